The molecule has 0 saturated carbocycles. The van der Waals surface area contributed by atoms with Gasteiger partial charge in [-0.25, -0.2) is 4.79 Å². The van der Waals surface area contributed by atoms with Crippen LogP contribution in [0.4, 0.5) is 0 Å². The lowest BCUT2D eigenvalue weighted by molar-refractivity contribution is 0.0471. The molecule has 0 spiro atoms. The van der Waals surface area contributed by atoms with E-state index in [-0.39, 0.29) is 25.5 Å². The first-order valence-electron chi connectivity index (χ1n) is 18.4. The van der Waals surface area contributed by atoms with Gasteiger partial charge in [0, 0.05) is 6.07 Å². The molecule has 266 valence electrons. The highest BCUT2D eigenvalue weighted by Crippen LogP contribution is 2.44. The van der Waals surface area contributed by atoms with Crippen LogP contribution in [-0.2, 0) is 20.4 Å². The predicted octanol–water partition coefficient (Wildman–Crippen LogP) is 11.5. The third-order valence-corrected chi connectivity index (χ3v) is 9.94. The Hall–Kier alpha value is -2.34. The van der Waals surface area contributed by atoms with Gasteiger partial charge in [-0.2, -0.15) is 0 Å². The highest BCUT2D eigenvalue weighted by Gasteiger charge is 2.21. The molecule has 2 unspecified atom stereocenters. The van der Waals surface area contributed by atoms with Crippen molar-refractivity contribution in [2.75, 3.05) is 19.4 Å². The number of benzene rings is 2. The van der Waals surface area contributed by atoms with Gasteiger partial charge in [-0.1, -0.05) is 140 Å². The molecule has 2 rings (SSSR count). The molecule has 2 aromatic rings. The van der Waals surface area contributed by atoms with Gasteiger partial charge in [0.15, 0.2) is 0 Å². The second-order valence-corrected chi connectivity index (χ2v) is 14.7. The van der Waals surface area contributed by atoms with Crippen LogP contribution in [0.25, 0.3) is 0 Å². The second kappa shape index (κ2) is 25.6. The van der Waals surface area contributed by atoms with Crippen LogP contribution in [-0.4, -0.2) is 36.3 Å². The molecule has 0 aromatic heterocycles. The Kier molecular flexibility index (Phi) is 22.3. The number of rotatable bonds is 29. The molecule has 8 heteroatoms. The summed E-state index contributed by atoms with van der Waals surface area (Å²) in [4.78, 5) is 23.0. The van der Waals surface area contributed by atoms with Crippen molar-refractivity contribution < 1.29 is 33.0 Å². The van der Waals surface area contributed by atoms with Crippen molar-refractivity contribution in [1.82, 2.24) is 0 Å². The van der Waals surface area contributed by atoms with Gasteiger partial charge in [-0.15, -0.1) is 0 Å². The summed E-state index contributed by atoms with van der Waals surface area (Å²) < 4.78 is 35.1. The first kappa shape index (κ1) is 40.8. The van der Waals surface area contributed by atoms with Gasteiger partial charge in [0.05, 0.1) is 31.0 Å². The summed E-state index contributed by atoms with van der Waals surface area (Å²) in [6.45, 7) is 6.89. The smallest absolute Gasteiger partial charge is 0.338 e. The van der Waals surface area contributed by atoms with Crippen LogP contribution in [0.2, 0.25) is 0 Å². The molecule has 2 aromatic carbocycles. The topological polar surface area (TPSA) is 91.3 Å². The van der Waals surface area contributed by atoms with Crippen molar-refractivity contribution in [3.05, 3.63) is 59.7 Å². The summed E-state index contributed by atoms with van der Waals surface area (Å²) in [7, 11) is -3.68. The summed E-state index contributed by atoms with van der Waals surface area (Å²) in [5.74, 6) is 0.535. The third kappa shape index (κ3) is 20.6. The Balaban J connectivity index is 1.72. The summed E-state index contributed by atoms with van der Waals surface area (Å²) in [6, 6.07) is 14.6. The Morgan fingerprint density at radius 1 is 0.702 bits per heavy atom. The number of carbonyl (C=O) groups excluding carboxylic acids is 1. The predicted molar refractivity (Wildman–Crippen MR) is 193 cm³/mol. The maximum absolute atomic E-state index is 12.9. The van der Waals surface area contributed by atoms with E-state index in [9.17, 15) is 14.3 Å². The van der Waals surface area contributed by atoms with Crippen molar-refractivity contribution in [3.8, 4) is 11.5 Å². The minimum absolute atomic E-state index is 0.00123. The maximum Gasteiger partial charge on any atom is 0.338 e. The van der Waals surface area contributed by atoms with Gasteiger partial charge < -0.3 is 23.6 Å². The molecular formula is C39H63O7P. The Bertz CT molecular complexity index is 1120. The van der Waals surface area contributed by atoms with Gasteiger partial charge in [0.1, 0.15) is 18.1 Å². The average Bonchev–Trinajstić information content (AvgIpc) is 3.07. The van der Waals surface area contributed by atoms with Crippen LogP contribution in [0.15, 0.2) is 48.5 Å². The molecule has 1 N–H and O–H groups in total. The average molecular weight is 675 g/mol. The van der Waals surface area contributed by atoms with Gasteiger partial charge in [-0.05, 0) is 43.9 Å². The summed E-state index contributed by atoms with van der Waals surface area (Å²) in [5.41, 5.74) is 1.25. The molecule has 0 saturated heterocycles. The first-order chi connectivity index (χ1) is 22.8. The molecule has 0 aliphatic rings. The standard InChI is InChI=1S/C39H63O7P/c1-4-6-7-8-9-10-11-12-13-14-15-16-17-18-19-23-27-43-37-30-36(39(40)45-33-35-25-21-20-22-26-35)31-38(32-37)44-28-24-29-47(41,42)46-34(3)5-2/h20-22,25-26,30-32,34H,4-19,23-24,27-29,33H2,1-3H3,(H,41,42). The number of carbonyl (C=O) groups is 1. The zero-order valence-corrected chi connectivity index (χ0v) is 30.5. The minimum Gasteiger partial charge on any atom is -0.493 e. The van der Waals surface area contributed by atoms with Crippen LogP contribution < -0.4 is 9.47 Å². The van der Waals surface area contributed by atoms with Crippen LogP contribution in [0, 0.1) is 0 Å². The van der Waals surface area contributed by atoms with E-state index in [4.69, 9.17) is 18.7 Å². The van der Waals surface area contributed by atoms with E-state index in [1.54, 1.807) is 25.1 Å². The van der Waals surface area contributed by atoms with E-state index in [0.29, 0.717) is 36.5 Å². The van der Waals surface area contributed by atoms with Crippen LogP contribution >= 0.6 is 7.60 Å². The molecule has 0 fully saturated rings. The van der Waals surface area contributed by atoms with Crippen molar-refractivity contribution in [1.29, 1.82) is 0 Å². The molecule has 7 nitrogen and oxygen atoms in total. The second-order valence-electron chi connectivity index (χ2n) is 12.8. The third-order valence-electron chi connectivity index (χ3n) is 8.37. The molecule has 0 amide bonds. The number of hydrogen-bond acceptors (Lipinski definition) is 6. The number of esters is 1. The zero-order chi connectivity index (χ0) is 34.0. The van der Waals surface area contributed by atoms with E-state index < -0.39 is 13.6 Å². The van der Waals surface area contributed by atoms with E-state index >= 15 is 0 Å². The highest BCUT2D eigenvalue weighted by molar-refractivity contribution is 7.52. The largest absolute Gasteiger partial charge is 0.493 e. The SMILES string of the molecule is CCCCCCCCCCCCCCCCCCOc1cc(OCCCP(=O)(O)OC(C)CC)cc(C(=O)OCc2ccccc2)c1. The normalized spacial score (nSPS) is 13.2. The van der Waals surface area contributed by atoms with Crippen molar-refractivity contribution >= 4 is 13.6 Å². The fourth-order valence-electron chi connectivity index (χ4n) is 5.37. The molecule has 0 heterocycles. The van der Waals surface area contributed by atoms with Crippen LogP contribution in [0.3, 0.4) is 0 Å². The molecule has 47 heavy (non-hydrogen) atoms. The van der Waals surface area contributed by atoms with Gasteiger partial charge >= 0.3 is 13.6 Å². The summed E-state index contributed by atoms with van der Waals surface area (Å²) >= 11 is 0. The summed E-state index contributed by atoms with van der Waals surface area (Å²) in [5, 5.41) is 0. The van der Waals surface area contributed by atoms with Gasteiger partial charge in [0.2, 0.25) is 0 Å². The minimum atomic E-state index is -3.68. The van der Waals surface area contributed by atoms with E-state index in [0.717, 1.165) is 18.4 Å². The van der Waals surface area contributed by atoms with Crippen LogP contribution in [0.1, 0.15) is 152 Å². The zero-order valence-electron chi connectivity index (χ0n) is 29.6. The van der Waals surface area contributed by atoms with Crippen molar-refractivity contribution in [3.63, 3.8) is 0 Å². The number of ether oxygens (including phenoxy) is 3. The van der Waals surface area contributed by atoms with E-state index in [2.05, 4.69) is 6.92 Å². The molecule has 0 aliphatic heterocycles. The molecule has 0 aliphatic carbocycles. The lowest BCUT2D eigenvalue weighted by Gasteiger charge is -2.17. The first-order valence-corrected chi connectivity index (χ1v) is 20.2. The highest BCUT2D eigenvalue weighted by atomic mass is 31.2. The van der Waals surface area contributed by atoms with Crippen molar-refractivity contribution in [2.24, 2.45) is 0 Å². The molecular weight excluding hydrogens is 611 g/mol. The van der Waals surface area contributed by atoms with Gasteiger partial charge in [0.25, 0.3) is 0 Å². The fraction of sp³-hybridized carbons (Fsp3) is 0.667. The van der Waals surface area contributed by atoms with Gasteiger partial charge in [-0.3, -0.25) is 4.57 Å². The Morgan fingerprint density at radius 2 is 1.19 bits per heavy atom. The van der Waals surface area contributed by atoms with Crippen LogP contribution in [0.5, 0.6) is 11.5 Å². The summed E-state index contributed by atoms with van der Waals surface area (Å²) in [6.07, 6.45) is 21.8. The fourth-order valence-corrected chi connectivity index (χ4v) is 6.71. The quantitative estimate of drug-likeness (QED) is 0.0521. The lowest BCUT2D eigenvalue weighted by Crippen LogP contribution is -2.09. The Morgan fingerprint density at radius 3 is 1.70 bits per heavy atom. The van der Waals surface area contributed by atoms with E-state index in [1.165, 1.54) is 89.9 Å². The molecule has 0 bridgehead atoms. The van der Waals surface area contributed by atoms with E-state index in [1.807, 2.05) is 37.3 Å². The lowest BCUT2D eigenvalue weighted by atomic mass is 10.0. The molecule has 0 radical (unpaired) electrons. The van der Waals surface area contributed by atoms with Crippen molar-refractivity contribution in [2.45, 2.75) is 149 Å². The number of unbranched alkanes of at least 4 members (excludes halogenated alkanes) is 15. The Labute approximate surface area is 285 Å². The number of hydrogen-bond donors (Lipinski definition) is 1. The maximum atomic E-state index is 12.9. The monoisotopic (exact) mass is 674 g/mol. The molecule has 2 atom stereocenters.